The Balaban J connectivity index is 4.33. The fourth-order valence-corrected chi connectivity index (χ4v) is 9.45. The summed E-state index contributed by atoms with van der Waals surface area (Å²) < 4.78 is 16.9. The Morgan fingerprint density at radius 3 is 0.795 bits per heavy atom. The fraction of sp³-hybridized carbons (Fsp3) is 0.836. The van der Waals surface area contributed by atoms with Crippen molar-refractivity contribution in [2.45, 2.75) is 348 Å². The van der Waals surface area contributed by atoms with Crippen molar-refractivity contribution in [1.29, 1.82) is 0 Å². The van der Waals surface area contributed by atoms with Crippen molar-refractivity contribution in [3.05, 3.63) is 48.6 Å². The van der Waals surface area contributed by atoms with Crippen LogP contribution in [0.4, 0.5) is 0 Å². The number of ether oxygens (including phenoxy) is 3. The van der Waals surface area contributed by atoms with Crippen LogP contribution in [0.15, 0.2) is 48.6 Å². The summed E-state index contributed by atoms with van der Waals surface area (Å²) >= 11 is 0. The predicted octanol–water partition coefficient (Wildman–Crippen LogP) is 21.8. The molecule has 426 valence electrons. The number of carbonyl (C=O) groups is 3. The molecule has 0 bridgehead atoms. The van der Waals surface area contributed by atoms with Crippen LogP contribution in [0.2, 0.25) is 0 Å². The van der Waals surface area contributed by atoms with Gasteiger partial charge in [-0.2, -0.15) is 0 Å². The quantitative estimate of drug-likeness (QED) is 0.0261. The summed E-state index contributed by atoms with van der Waals surface area (Å²) in [5.41, 5.74) is 0. The second-order valence-electron chi connectivity index (χ2n) is 21.7. The van der Waals surface area contributed by atoms with E-state index in [2.05, 4.69) is 69.4 Å². The summed E-state index contributed by atoms with van der Waals surface area (Å²) in [5.74, 6) is -0.879. The first-order valence-electron chi connectivity index (χ1n) is 32.1. The van der Waals surface area contributed by atoms with Crippen molar-refractivity contribution in [2.75, 3.05) is 13.2 Å². The molecule has 6 heteroatoms. The maximum atomic E-state index is 12.9. The smallest absolute Gasteiger partial charge is 0.306 e. The van der Waals surface area contributed by atoms with Crippen LogP contribution in [-0.2, 0) is 28.6 Å². The van der Waals surface area contributed by atoms with Crippen LogP contribution in [0.5, 0.6) is 0 Å². The van der Waals surface area contributed by atoms with Crippen molar-refractivity contribution in [3.8, 4) is 0 Å². The molecular formula is C67H122O6. The van der Waals surface area contributed by atoms with Gasteiger partial charge in [-0.15, -0.1) is 0 Å². The highest BCUT2D eigenvalue weighted by Crippen LogP contribution is 2.17. The zero-order chi connectivity index (χ0) is 52.9. The molecule has 0 fully saturated rings. The number of allylic oxidation sites excluding steroid dienone is 8. The monoisotopic (exact) mass is 1020 g/mol. The molecule has 1 atom stereocenters. The molecule has 0 saturated carbocycles. The van der Waals surface area contributed by atoms with Crippen LogP contribution in [0.25, 0.3) is 0 Å². The van der Waals surface area contributed by atoms with Gasteiger partial charge in [0, 0.05) is 19.3 Å². The maximum Gasteiger partial charge on any atom is 0.306 e. The summed E-state index contributed by atoms with van der Waals surface area (Å²) in [7, 11) is 0. The normalized spacial score (nSPS) is 12.3. The number of hydrogen-bond donors (Lipinski definition) is 0. The van der Waals surface area contributed by atoms with Crippen molar-refractivity contribution < 1.29 is 28.6 Å². The number of hydrogen-bond acceptors (Lipinski definition) is 6. The molecule has 0 aliphatic carbocycles. The van der Waals surface area contributed by atoms with Gasteiger partial charge in [0.25, 0.3) is 0 Å². The van der Waals surface area contributed by atoms with Crippen LogP contribution >= 0.6 is 0 Å². The molecule has 0 aromatic heterocycles. The van der Waals surface area contributed by atoms with E-state index in [4.69, 9.17) is 14.2 Å². The second-order valence-corrected chi connectivity index (χ2v) is 21.7. The highest BCUT2D eigenvalue weighted by Gasteiger charge is 2.19. The third kappa shape index (κ3) is 60.1. The lowest BCUT2D eigenvalue weighted by molar-refractivity contribution is -0.167. The van der Waals surface area contributed by atoms with E-state index < -0.39 is 6.10 Å². The first kappa shape index (κ1) is 70.4. The van der Waals surface area contributed by atoms with E-state index in [1.54, 1.807) is 0 Å². The molecule has 0 heterocycles. The Morgan fingerprint density at radius 2 is 0.493 bits per heavy atom. The molecule has 0 rings (SSSR count). The molecule has 1 unspecified atom stereocenters. The standard InChI is InChI=1S/C67H122O6/c1-4-7-10-13-16-19-22-25-27-29-31-33-35-37-39-42-45-48-51-54-57-60-66(69)72-63-64(62-71-65(68)59-56-53-50-47-44-41-24-21-18-15-12-9-6-3)73-67(70)61-58-55-52-49-46-43-40-38-36-34-32-30-28-26-23-20-17-14-11-8-5-2/h21-22,24-25,29,31,35,37,64H,4-20,23,26-28,30,32-34,36,38-63H2,1-3H3/b24-21-,25-22-,31-29-,37-35-. The Bertz CT molecular complexity index is 1270. The van der Waals surface area contributed by atoms with Crippen molar-refractivity contribution in [1.82, 2.24) is 0 Å². The molecule has 0 aliphatic heterocycles. The predicted molar refractivity (Wildman–Crippen MR) is 316 cm³/mol. The van der Waals surface area contributed by atoms with Crippen LogP contribution in [0, 0.1) is 0 Å². The van der Waals surface area contributed by atoms with Crippen LogP contribution < -0.4 is 0 Å². The second kappa shape index (κ2) is 61.9. The summed E-state index contributed by atoms with van der Waals surface area (Å²) in [4.78, 5) is 38.3. The molecule has 0 saturated heterocycles. The minimum absolute atomic E-state index is 0.0786. The topological polar surface area (TPSA) is 78.9 Å². The van der Waals surface area contributed by atoms with E-state index in [9.17, 15) is 14.4 Å². The van der Waals surface area contributed by atoms with E-state index >= 15 is 0 Å². The minimum atomic E-state index is -0.781. The van der Waals surface area contributed by atoms with Gasteiger partial charge >= 0.3 is 17.9 Å². The minimum Gasteiger partial charge on any atom is -0.462 e. The Labute approximate surface area is 454 Å². The van der Waals surface area contributed by atoms with Crippen molar-refractivity contribution in [3.63, 3.8) is 0 Å². The van der Waals surface area contributed by atoms with Gasteiger partial charge in [0.15, 0.2) is 6.10 Å². The third-order valence-electron chi connectivity index (χ3n) is 14.3. The molecule has 0 amide bonds. The lowest BCUT2D eigenvalue weighted by Gasteiger charge is -2.18. The molecule has 0 N–H and O–H groups in total. The van der Waals surface area contributed by atoms with Gasteiger partial charge in [-0.25, -0.2) is 0 Å². The highest BCUT2D eigenvalue weighted by molar-refractivity contribution is 5.71. The first-order valence-corrected chi connectivity index (χ1v) is 32.1. The van der Waals surface area contributed by atoms with Gasteiger partial charge in [0.05, 0.1) is 0 Å². The largest absolute Gasteiger partial charge is 0.462 e. The van der Waals surface area contributed by atoms with Crippen LogP contribution in [0.3, 0.4) is 0 Å². The van der Waals surface area contributed by atoms with Crippen molar-refractivity contribution in [2.24, 2.45) is 0 Å². The van der Waals surface area contributed by atoms with Gasteiger partial charge in [0.1, 0.15) is 13.2 Å². The van der Waals surface area contributed by atoms with Gasteiger partial charge in [-0.1, -0.05) is 288 Å². The van der Waals surface area contributed by atoms with E-state index in [-0.39, 0.29) is 31.1 Å². The SMILES string of the molecule is CCCCCC/C=C\CCCCCCCC(=O)OCC(COC(=O)CCCCCCCC/C=C\C/C=C\C/C=C\CCCCCCC)OC(=O)CCCCCCCCCCCCCCCCCCCCCCC. The molecule has 0 aromatic carbocycles. The van der Waals surface area contributed by atoms with E-state index in [1.807, 2.05) is 0 Å². The zero-order valence-corrected chi connectivity index (χ0v) is 48.9. The van der Waals surface area contributed by atoms with Gasteiger partial charge in [-0.05, 0) is 83.5 Å². The molecular weight excluding hydrogens is 901 g/mol. The first-order chi connectivity index (χ1) is 36.0. The highest BCUT2D eigenvalue weighted by atomic mass is 16.6. The Kier molecular flexibility index (Phi) is 59.7. The lowest BCUT2D eigenvalue weighted by atomic mass is 10.0. The number of carbonyl (C=O) groups excluding carboxylic acids is 3. The number of rotatable bonds is 59. The maximum absolute atomic E-state index is 12.9. The molecule has 0 radical (unpaired) electrons. The average molecular weight is 1020 g/mol. The summed E-state index contributed by atoms with van der Waals surface area (Å²) in [6.45, 7) is 6.65. The van der Waals surface area contributed by atoms with E-state index in [1.165, 1.54) is 218 Å². The van der Waals surface area contributed by atoms with E-state index in [0.29, 0.717) is 19.3 Å². The fourth-order valence-electron chi connectivity index (χ4n) is 9.45. The average Bonchev–Trinajstić information content (AvgIpc) is 3.39. The number of unbranched alkanes of at least 4 members (excludes halogenated alkanes) is 40. The molecule has 6 nitrogen and oxygen atoms in total. The third-order valence-corrected chi connectivity index (χ3v) is 14.3. The Morgan fingerprint density at radius 1 is 0.274 bits per heavy atom. The summed E-state index contributed by atoms with van der Waals surface area (Å²) in [6.07, 6.45) is 76.9. The lowest BCUT2D eigenvalue weighted by Crippen LogP contribution is -2.30. The van der Waals surface area contributed by atoms with Gasteiger partial charge < -0.3 is 14.2 Å². The van der Waals surface area contributed by atoms with Crippen LogP contribution in [-0.4, -0.2) is 37.2 Å². The van der Waals surface area contributed by atoms with Gasteiger partial charge in [0.2, 0.25) is 0 Å². The Hall–Kier alpha value is -2.63. The van der Waals surface area contributed by atoms with Gasteiger partial charge in [-0.3, -0.25) is 14.4 Å². The molecule has 0 aromatic rings. The van der Waals surface area contributed by atoms with E-state index in [0.717, 1.165) is 83.5 Å². The molecule has 73 heavy (non-hydrogen) atoms. The number of esters is 3. The molecule has 0 aliphatic rings. The van der Waals surface area contributed by atoms with Crippen molar-refractivity contribution >= 4 is 17.9 Å². The summed E-state index contributed by atoms with van der Waals surface area (Å²) in [5, 5.41) is 0. The van der Waals surface area contributed by atoms with Crippen LogP contribution in [0.1, 0.15) is 342 Å². The summed E-state index contributed by atoms with van der Waals surface area (Å²) in [6, 6.07) is 0. The molecule has 0 spiro atoms. The zero-order valence-electron chi connectivity index (χ0n) is 48.9.